The Morgan fingerprint density at radius 2 is 1.81 bits per heavy atom. The maximum atomic E-state index is 12.6. The van der Waals surface area contributed by atoms with Crippen molar-refractivity contribution in [1.29, 1.82) is 0 Å². The molecule has 27 heavy (non-hydrogen) atoms. The van der Waals surface area contributed by atoms with Gasteiger partial charge < -0.3 is 4.74 Å². The molecular weight excluding hydrogens is 342 g/mol. The monoisotopic (exact) mass is 365 g/mol. The summed E-state index contributed by atoms with van der Waals surface area (Å²) in [4.78, 5) is 18.0. The van der Waals surface area contributed by atoms with E-state index in [0.717, 1.165) is 30.5 Å². The van der Waals surface area contributed by atoms with Crippen LogP contribution in [-0.2, 0) is 14.4 Å². The average Bonchev–Trinajstić information content (AvgIpc) is 3.20. The number of para-hydroxylation sites is 1. The highest BCUT2D eigenvalue weighted by molar-refractivity contribution is 6.39. The molecule has 0 unspecified atom stereocenters. The molecule has 1 saturated heterocycles. The summed E-state index contributed by atoms with van der Waals surface area (Å²) in [6.07, 6.45) is 3.00. The Morgan fingerprint density at radius 3 is 2.52 bits per heavy atom. The highest BCUT2D eigenvalue weighted by atomic mass is 16.8. The van der Waals surface area contributed by atoms with Crippen molar-refractivity contribution >= 4 is 17.3 Å². The number of anilines is 1. The largest absolute Gasteiger partial charge is 0.350 e. The number of benzene rings is 2. The minimum atomic E-state index is -0.375. The van der Waals surface area contributed by atoms with Crippen LogP contribution in [0.25, 0.3) is 0 Å². The van der Waals surface area contributed by atoms with E-state index in [9.17, 15) is 4.79 Å². The molecule has 0 bridgehead atoms. The molecule has 2 aromatic rings. The molecule has 0 aromatic heterocycles. The molecule has 0 saturated carbocycles. The Balaban J connectivity index is 1.50. The zero-order chi connectivity index (χ0) is 18.5. The highest BCUT2D eigenvalue weighted by Gasteiger charge is 2.32. The van der Waals surface area contributed by atoms with Crippen LogP contribution in [0.15, 0.2) is 65.8 Å². The minimum absolute atomic E-state index is 0.0275. The average molecular weight is 365 g/mol. The number of rotatable bonds is 5. The van der Waals surface area contributed by atoms with Gasteiger partial charge in [0.15, 0.2) is 6.29 Å². The van der Waals surface area contributed by atoms with Crippen molar-refractivity contribution in [3.63, 3.8) is 0 Å². The predicted molar refractivity (Wildman–Crippen MR) is 103 cm³/mol. The number of hydroxylamine groups is 1. The van der Waals surface area contributed by atoms with Crippen LogP contribution < -0.4 is 10.5 Å². The molecule has 2 heterocycles. The number of nitrogens with zero attached hydrogens (tertiary/aromatic N) is 2. The van der Waals surface area contributed by atoms with Gasteiger partial charge in [-0.05, 0) is 30.5 Å². The summed E-state index contributed by atoms with van der Waals surface area (Å²) < 4.78 is 5.48. The van der Waals surface area contributed by atoms with Gasteiger partial charge in [0, 0.05) is 19.4 Å². The van der Waals surface area contributed by atoms with Crippen molar-refractivity contribution in [3.05, 3.63) is 66.2 Å². The van der Waals surface area contributed by atoms with Gasteiger partial charge in [0.25, 0.3) is 5.91 Å². The summed E-state index contributed by atoms with van der Waals surface area (Å²) in [7, 11) is 0. The Morgan fingerprint density at radius 1 is 1.07 bits per heavy atom. The van der Waals surface area contributed by atoms with E-state index < -0.39 is 0 Å². The van der Waals surface area contributed by atoms with Gasteiger partial charge in [-0.1, -0.05) is 48.5 Å². The maximum absolute atomic E-state index is 12.6. The number of carbonyl (C=O) groups is 1. The second-order valence-electron chi connectivity index (χ2n) is 6.70. The lowest BCUT2D eigenvalue weighted by Crippen LogP contribution is -2.36. The quantitative estimate of drug-likeness (QED) is 0.823. The number of amides is 1. The van der Waals surface area contributed by atoms with Gasteiger partial charge >= 0.3 is 0 Å². The van der Waals surface area contributed by atoms with E-state index in [2.05, 4.69) is 22.7 Å². The van der Waals surface area contributed by atoms with Crippen LogP contribution in [0.4, 0.5) is 5.69 Å². The summed E-state index contributed by atoms with van der Waals surface area (Å²) >= 11 is 0. The lowest BCUT2D eigenvalue weighted by atomic mass is 10.0. The number of nitrogens with one attached hydrogen (secondary N) is 1. The van der Waals surface area contributed by atoms with E-state index in [1.54, 1.807) is 0 Å². The zero-order valence-corrected chi connectivity index (χ0v) is 15.1. The summed E-state index contributed by atoms with van der Waals surface area (Å²) in [5.74, 6) is -0.316. The van der Waals surface area contributed by atoms with Gasteiger partial charge in [-0.3, -0.25) is 9.80 Å². The summed E-state index contributed by atoms with van der Waals surface area (Å²) in [5, 5.41) is 6.50. The van der Waals surface area contributed by atoms with Gasteiger partial charge in [-0.15, -0.1) is 0 Å². The molecule has 2 aliphatic rings. The van der Waals surface area contributed by atoms with Crippen LogP contribution in [-0.4, -0.2) is 24.5 Å². The minimum Gasteiger partial charge on any atom is -0.350 e. The molecule has 6 nitrogen and oxygen atoms in total. The lowest BCUT2D eigenvalue weighted by Gasteiger charge is -2.23. The van der Waals surface area contributed by atoms with E-state index in [4.69, 9.17) is 9.57 Å². The van der Waals surface area contributed by atoms with Gasteiger partial charge in [0.05, 0.1) is 11.7 Å². The first-order valence-corrected chi connectivity index (χ1v) is 9.35. The van der Waals surface area contributed by atoms with E-state index in [1.165, 1.54) is 0 Å². The zero-order valence-electron chi connectivity index (χ0n) is 15.1. The number of hydrogen-bond acceptors (Lipinski definition) is 5. The van der Waals surface area contributed by atoms with E-state index in [-0.39, 0.29) is 18.2 Å². The van der Waals surface area contributed by atoms with E-state index >= 15 is 0 Å². The molecule has 6 heteroatoms. The van der Waals surface area contributed by atoms with Crippen molar-refractivity contribution in [1.82, 2.24) is 5.48 Å². The molecule has 2 aliphatic heterocycles. The Bertz CT molecular complexity index is 789. The molecule has 1 fully saturated rings. The normalized spacial score (nSPS) is 22.4. The summed E-state index contributed by atoms with van der Waals surface area (Å²) in [6.45, 7) is 0.666. The number of carbonyl (C=O) groups excluding carboxylic acids is 1. The van der Waals surface area contributed by atoms with Gasteiger partial charge in [0.1, 0.15) is 5.71 Å². The van der Waals surface area contributed by atoms with E-state index in [1.807, 2.05) is 53.5 Å². The van der Waals surface area contributed by atoms with Crippen LogP contribution in [0.5, 0.6) is 0 Å². The third-order valence-corrected chi connectivity index (χ3v) is 4.80. The molecule has 0 radical (unpaired) electrons. The molecule has 1 amide bonds. The SMILES string of the molecule is O=C(NO[C@H]1CCCCO1)C1=NN(c2ccccc2)[C@@H](c2ccccc2)C1. The summed E-state index contributed by atoms with van der Waals surface area (Å²) in [6, 6.07) is 20.0. The van der Waals surface area contributed by atoms with Gasteiger partial charge in [-0.25, -0.2) is 10.3 Å². The lowest BCUT2D eigenvalue weighted by molar-refractivity contribution is -0.197. The molecule has 4 rings (SSSR count). The standard InChI is InChI=1S/C21H23N3O3/c25-21(23-27-20-13-7-8-14-26-20)18-15-19(16-9-3-1-4-10-16)24(22-18)17-11-5-2-6-12-17/h1-6,9-12,19-20H,7-8,13-15H2,(H,23,25)/t19-,20+/m1/s1. The number of hydrazone groups is 1. The smallest absolute Gasteiger partial charge is 0.291 e. The van der Waals surface area contributed by atoms with Crippen LogP contribution in [0.1, 0.15) is 37.3 Å². The van der Waals surface area contributed by atoms with Crippen molar-refractivity contribution in [2.45, 2.75) is 38.0 Å². The fourth-order valence-corrected chi connectivity index (χ4v) is 3.38. The van der Waals surface area contributed by atoms with Crippen molar-refractivity contribution in [3.8, 4) is 0 Å². The number of ether oxygens (including phenoxy) is 1. The molecule has 2 aromatic carbocycles. The third kappa shape index (κ3) is 4.18. The second kappa shape index (κ2) is 8.33. The topological polar surface area (TPSA) is 63.2 Å². The predicted octanol–water partition coefficient (Wildman–Crippen LogP) is 3.57. The molecule has 0 spiro atoms. The Labute approximate surface area is 158 Å². The van der Waals surface area contributed by atoms with Crippen molar-refractivity contribution in [2.24, 2.45) is 5.10 Å². The highest BCUT2D eigenvalue weighted by Crippen LogP contribution is 2.35. The first kappa shape index (κ1) is 17.7. The van der Waals surface area contributed by atoms with Gasteiger partial charge in [-0.2, -0.15) is 5.10 Å². The fraction of sp³-hybridized carbons (Fsp3) is 0.333. The molecular formula is C21H23N3O3. The van der Waals surface area contributed by atoms with Crippen LogP contribution in [0, 0.1) is 0 Å². The third-order valence-electron chi connectivity index (χ3n) is 4.80. The van der Waals surface area contributed by atoms with Crippen LogP contribution in [0.3, 0.4) is 0 Å². The van der Waals surface area contributed by atoms with Crippen molar-refractivity contribution < 1.29 is 14.4 Å². The van der Waals surface area contributed by atoms with E-state index in [0.29, 0.717) is 18.7 Å². The van der Waals surface area contributed by atoms with Crippen LogP contribution in [0.2, 0.25) is 0 Å². The second-order valence-corrected chi connectivity index (χ2v) is 6.70. The van der Waals surface area contributed by atoms with Crippen LogP contribution >= 0.6 is 0 Å². The number of hydrogen-bond donors (Lipinski definition) is 1. The molecule has 2 atom stereocenters. The summed E-state index contributed by atoms with van der Waals surface area (Å²) in [5.41, 5.74) is 5.03. The maximum Gasteiger partial charge on any atom is 0.291 e. The van der Waals surface area contributed by atoms with Crippen molar-refractivity contribution in [2.75, 3.05) is 11.6 Å². The fourth-order valence-electron chi connectivity index (χ4n) is 3.38. The Kier molecular flexibility index (Phi) is 5.46. The van der Waals surface area contributed by atoms with Gasteiger partial charge in [0.2, 0.25) is 0 Å². The molecule has 1 N–H and O–H groups in total. The molecule has 140 valence electrons. The first-order valence-electron chi connectivity index (χ1n) is 9.35. The molecule has 0 aliphatic carbocycles. The Hall–Kier alpha value is -2.70. The first-order chi connectivity index (χ1) is 13.3.